The van der Waals surface area contributed by atoms with Crippen molar-refractivity contribution in [1.82, 2.24) is 14.9 Å². The average molecular weight is 349 g/mol. The second kappa shape index (κ2) is 6.92. The van der Waals surface area contributed by atoms with Gasteiger partial charge in [0, 0.05) is 12.1 Å². The molecular formula is C21H23N3O2. The number of amides is 1. The molecular weight excluding hydrogens is 326 g/mol. The topological polar surface area (TPSA) is 69.2 Å². The standard InChI is InChI=1S/C21H23N3O2/c1-14-22-17-10-9-16(13-18(17)23-14)21(26)24-11-5-8-20(25)19(24)12-15-6-3-2-4-7-15/h2-4,6-7,9-10,13,19-20,25H,5,8,11-12H2,1H3,(H,22,23)/t19-,20-/m0/s1. The van der Waals surface area contributed by atoms with Gasteiger partial charge in [-0.25, -0.2) is 4.98 Å². The Kier molecular flexibility index (Phi) is 4.47. The van der Waals surface area contributed by atoms with Crippen molar-refractivity contribution in [2.24, 2.45) is 0 Å². The summed E-state index contributed by atoms with van der Waals surface area (Å²) in [5, 5.41) is 10.6. The van der Waals surface area contributed by atoms with E-state index in [-0.39, 0.29) is 11.9 Å². The maximum absolute atomic E-state index is 13.2. The summed E-state index contributed by atoms with van der Waals surface area (Å²) < 4.78 is 0. The third-order valence-corrected chi connectivity index (χ3v) is 5.14. The Balaban J connectivity index is 1.62. The van der Waals surface area contributed by atoms with Crippen molar-refractivity contribution in [2.45, 2.75) is 38.3 Å². The van der Waals surface area contributed by atoms with Crippen LogP contribution in [0.25, 0.3) is 11.0 Å². The molecule has 0 aliphatic carbocycles. The van der Waals surface area contributed by atoms with E-state index in [0.717, 1.165) is 35.3 Å². The minimum absolute atomic E-state index is 0.0289. The number of nitrogens with zero attached hydrogens (tertiary/aromatic N) is 2. The Morgan fingerprint density at radius 3 is 2.88 bits per heavy atom. The lowest BCUT2D eigenvalue weighted by Crippen LogP contribution is -2.52. The summed E-state index contributed by atoms with van der Waals surface area (Å²) in [6.45, 7) is 2.58. The number of hydrogen-bond acceptors (Lipinski definition) is 3. The van der Waals surface area contributed by atoms with Crippen LogP contribution in [0, 0.1) is 6.92 Å². The first kappa shape index (κ1) is 16.8. The summed E-state index contributed by atoms with van der Waals surface area (Å²) in [4.78, 5) is 22.6. The number of nitrogens with one attached hydrogen (secondary N) is 1. The van der Waals surface area contributed by atoms with Gasteiger partial charge in [-0.1, -0.05) is 30.3 Å². The predicted octanol–water partition coefficient (Wildman–Crippen LogP) is 3.08. The molecule has 1 aliphatic rings. The molecule has 1 aromatic heterocycles. The minimum Gasteiger partial charge on any atom is -0.391 e. The number of rotatable bonds is 3. The van der Waals surface area contributed by atoms with Gasteiger partial charge in [0.05, 0.1) is 23.2 Å². The van der Waals surface area contributed by atoms with Gasteiger partial charge in [0.15, 0.2) is 0 Å². The quantitative estimate of drug-likeness (QED) is 0.763. The highest BCUT2D eigenvalue weighted by atomic mass is 16.3. The number of aryl methyl sites for hydroxylation is 1. The number of piperidine rings is 1. The van der Waals surface area contributed by atoms with Crippen molar-refractivity contribution in [1.29, 1.82) is 0 Å². The van der Waals surface area contributed by atoms with E-state index in [4.69, 9.17) is 0 Å². The van der Waals surface area contributed by atoms with Gasteiger partial charge >= 0.3 is 0 Å². The van der Waals surface area contributed by atoms with E-state index in [9.17, 15) is 9.90 Å². The maximum atomic E-state index is 13.2. The van der Waals surface area contributed by atoms with Crippen LogP contribution in [-0.2, 0) is 6.42 Å². The van der Waals surface area contributed by atoms with Crippen LogP contribution >= 0.6 is 0 Å². The van der Waals surface area contributed by atoms with Crippen LogP contribution in [0.3, 0.4) is 0 Å². The van der Waals surface area contributed by atoms with Crippen molar-refractivity contribution in [3.8, 4) is 0 Å². The first-order chi connectivity index (χ1) is 12.6. The van der Waals surface area contributed by atoms with E-state index in [1.54, 1.807) is 0 Å². The molecule has 0 bridgehead atoms. The summed E-state index contributed by atoms with van der Waals surface area (Å²) in [7, 11) is 0. The fourth-order valence-electron chi connectivity index (χ4n) is 3.83. The van der Waals surface area contributed by atoms with Crippen molar-refractivity contribution < 1.29 is 9.90 Å². The first-order valence-corrected chi connectivity index (χ1v) is 9.11. The molecule has 2 heterocycles. The van der Waals surface area contributed by atoms with Crippen LogP contribution in [0.1, 0.15) is 34.6 Å². The number of aliphatic hydroxyl groups is 1. The number of benzene rings is 2. The lowest BCUT2D eigenvalue weighted by molar-refractivity contribution is 0.0119. The summed E-state index contributed by atoms with van der Waals surface area (Å²) in [6, 6.07) is 15.4. The third kappa shape index (κ3) is 3.22. The number of fused-ring (bicyclic) bond motifs is 1. The van der Waals surface area contributed by atoms with Crippen LogP contribution < -0.4 is 0 Å². The van der Waals surface area contributed by atoms with Gasteiger partial charge in [-0.3, -0.25) is 4.79 Å². The van der Waals surface area contributed by atoms with Gasteiger partial charge in [-0.2, -0.15) is 0 Å². The number of H-pyrrole nitrogens is 1. The highest BCUT2D eigenvalue weighted by Gasteiger charge is 2.33. The molecule has 2 atom stereocenters. The number of imidazole rings is 1. The lowest BCUT2D eigenvalue weighted by Gasteiger charge is -2.39. The summed E-state index contributed by atoms with van der Waals surface area (Å²) in [6.07, 6.45) is 1.73. The summed E-state index contributed by atoms with van der Waals surface area (Å²) in [5.41, 5.74) is 3.49. The second-order valence-electron chi connectivity index (χ2n) is 7.02. The molecule has 0 radical (unpaired) electrons. The van der Waals surface area contributed by atoms with Crippen LogP contribution in [-0.4, -0.2) is 44.6 Å². The molecule has 0 saturated carbocycles. The van der Waals surface area contributed by atoms with Crippen molar-refractivity contribution >= 4 is 16.9 Å². The molecule has 3 aromatic rings. The van der Waals surface area contributed by atoms with Crippen LogP contribution in [0.4, 0.5) is 0 Å². The molecule has 134 valence electrons. The summed E-state index contributed by atoms with van der Waals surface area (Å²) in [5.74, 6) is 0.804. The maximum Gasteiger partial charge on any atom is 0.254 e. The zero-order valence-electron chi connectivity index (χ0n) is 14.9. The molecule has 1 aliphatic heterocycles. The smallest absolute Gasteiger partial charge is 0.254 e. The lowest BCUT2D eigenvalue weighted by atomic mass is 9.92. The number of carbonyl (C=O) groups is 1. The van der Waals surface area contributed by atoms with Gasteiger partial charge in [0.25, 0.3) is 5.91 Å². The molecule has 0 unspecified atom stereocenters. The Morgan fingerprint density at radius 1 is 1.27 bits per heavy atom. The SMILES string of the molecule is Cc1nc2ccc(C(=O)N3CCC[C@H](O)[C@@H]3Cc3ccccc3)cc2[nH]1. The van der Waals surface area contributed by atoms with Crippen molar-refractivity contribution in [3.05, 3.63) is 65.5 Å². The predicted molar refractivity (Wildman–Crippen MR) is 101 cm³/mol. The van der Waals surface area contributed by atoms with Crippen LogP contribution in [0.15, 0.2) is 48.5 Å². The molecule has 1 amide bonds. The largest absolute Gasteiger partial charge is 0.391 e. The Labute approximate surface area is 152 Å². The molecule has 1 saturated heterocycles. The monoisotopic (exact) mass is 349 g/mol. The molecule has 5 nitrogen and oxygen atoms in total. The normalized spacial score (nSPS) is 20.5. The van der Waals surface area contributed by atoms with E-state index in [1.807, 2.05) is 60.4 Å². The number of aromatic nitrogens is 2. The number of aliphatic hydroxyl groups excluding tert-OH is 1. The minimum atomic E-state index is -0.494. The van der Waals surface area contributed by atoms with Crippen molar-refractivity contribution in [2.75, 3.05) is 6.54 Å². The second-order valence-corrected chi connectivity index (χ2v) is 7.02. The third-order valence-electron chi connectivity index (χ3n) is 5.14. The highest BCUT2D eigenvalue weighted by Crippen LogP contribution is 2.24. The van der Waals surface area contributed by atoms with E-state index >= 15 is 0 Å². The molecule has 4 rings (SSSR count). The highest BCUT2D eigenvalue weighted by molar-refractivity contribution is 5.97. The number of aromatic amines is 1. The van der Waals surface area contributed by atoms with Gasteiger partial charge in [-0.15, -0.1) is 0 Å². The van der Waals surface area contributed by atoms with Crippen LogP contribution in [0.5, 0.6) is 0 Å². The van der Waals surface area contributed by atoms with E-state index in [2.05, 4.69) is 9.97 Å². The summed E-state index contributed by atoms with van der Waals surface area (Å²) >= 11 is 0. The van der Waals surface area contributed by atoms with Crippen LogP contribution in [0.2, 0.25) is 0 Å². The fourth-order valence-corrected chi connectivity index (χ4v) is 3.83. The Morgan fingerprint density at radius 2 is 2.08 bits per heavy atom. The van der Waals surface area contributed by atoms with Gasteiger partial charge in [0.2, 0.25) is 0 Å². The average Bonchev–Trinajstić information content (AvgIpc) is 3.03. The fraction of sp³-hybridized carbons (Fsp3) is 0.333. The Hall–Kier alpha value is -2.66. The first-order valence-electron chi connectivity index (χ1n) is 9.11. The zero-order valence-corrected chi connectivity index (χ0v) is 14.9. The molecule has 5 heteroatoms. The zero-order chi connectivity index (χ0) is 18.1. The molecule has 0 spiro atoms. The molecule has 2 N–H and O–H groups in total. The van der Waals surface area contributed by atoms with E-state index in [0.29, 0.717) is 18.5 Å². The number of likely N-dealkylation sites (tertiary alicyclic amines) is 1. The number of hydrogen-bond donors (Lipinski definition) is 2. The van der Waals surface area contributed by atoms with E-state index in [1.165, 1.54) is 0 Å². The molecule has 26 heavy (non-hydrogen) atoms. The molecule has 2 aromatic carbocycles. The van der Waals surface area contributed by atoms with Crippen molar-refractivity contribution in [3.63, 3.8) is 0 Å². The van der Waals surface area contributed by atoms with Gasteiger partial charge in [-0.05, 0) is 49.9 Å². The van der Waals surface area contributed by atoms with Gasteiger partial charge in [0.1, 0.15) is 5.82 Å². The Bertz CT molecular complexity index is 919. The van der Waals surface area contributed by atoms with Gasteiger partial charge < -0.3 is 15.0 Å². The molecule has 1 fully saturated rings. The number of carbonyl (C=O) groups excluding carboxylic acids is 1. The van der Waals surface area contributed by atoms with E-state index < -0.39 is 6.10 Å².